The van der Waals surface area contributed by atoms with Gasteiger partial charge in [0.15, 0.2) is 0 Å². The summed E-state index contributed by atoms with van der Waals surface area (Å²) in [6, 6.07) is 12.9. The zero-order valence-electron chi connectivity index (χ0n) is 23.9. The number of anilines is 1. The van der Waals surface area contributed by atoms with E-state index >= 15 is 0 Å². The summed E-state index contributed by atoms with van der Waals surface area (Å²) in [5.41, 5.74) is 2.88. The number of sulfonamides is 1. The molecule has 0 spiro atoms. The Kier molecular flexibility index (Phi) is 7.50. The van der Waals surface area contributed by atoms with Crippen LogP contribution in [-0.2, 0) is 14.8 Å². The molecular formula is C30H35N5O5S. The maximum absolute atomic E-state index is 13.4. The molecule has 1 aromatic heterocycles. The lowest BCUT2D eigenvalue weighted by molar-refractivity contribution is -0.143. The first-order valence-corrected chi connectivity index (χ1v) is 15.2. The number of hydrogen-bond donors (Lipinski definition) is 2. The minimum atomic E-state index is -4.13. The van der Waals surface area contributed by atoms with Gasteiger partial charge in [-0.05, 0) is 56.0 Å². The highest BCUT2D eigenvalue weighted by molar-refractivity contribution is 7.92. The summed E-state index contributed by atoms with van der Waals surface area (Å²) < 4.78 is 35.6. The number of amides is 2. The SMILES string of the molecule is CCC(C)(C)C(=O)N1CCC2NC(=O)c3cccc(c3)S(=O)(=O)Nc3nc(cc(-c4c(C)cccc4C)n3)OC2C1. The van der Waals surface area contributed by atoms with Crippen LogP contribution in [0, 0.1) is 19.3 Å². The van der Waals surface area contributed by atoms with Crippen LogP contribution in [-0.4, -0.2) is 60.3 Å². The van der Waals surface area contributed by atoms with Crippen molar-refractivity contribution in [2.45, 2.75) is 64.5 Å². The number of nitrogens with zero attached hydrogens (tertiary/aromatic N) is 3. The van der Waals surface area contributed by atoms with Gasteiger partial charge in [0.05, 0.1) is 23.2 Å². The maximum Gasteiger partial charge on any atom is 0.264 e. The average molecular weight is 578 g/mol. The largest absolute Gasteiger partial charge is 0.470 e. The van der Waals surface area contributed by atoms with E-state index in [0.29, 0.717) is 25.1 Å². The van der Waals surface area contributed by atoms with Gasteiger partial charge in [0.1, 0.15) is 6.10 Å². The monoisotopic (exact) mass is 577 g/mol. The molecule has 2 N–H and O–H groups in total. The molecular weight excluding hydrogens is 542 g/mol. The molecule has 0 radical (unpaired) electrons. The van der Waals surface area contributed by atoms with Crippen LogP contribution in [0.2, 0.25) is 0 Å². The molecule has 0 saturated carbocycles. The molecule has 216 valence electrons. The van der Waals surface area contributed by atoms with Gasteiger partial charge < -0.3 is 15.0 Å². The lowest BCUT2D eigenvalue weighted by Crippen LogP contribution is -2.59. The number of rotatable bonds is 3. The van der Waals surface area contributed by atoms with Crippen molar-refractivity contribution in [1.82, 2.24) is 20.2 Å². The number of carbonyl (C=O) groups excluding carboxylic acids is 2. The standard InChI is InChI=1S/C30H35N5O5S/c1-6-30(4,5)28(37)35-14-13-22-24(17-35)40-25-16-23(26-18(2)9-7-10-19(26)3)32-29(33-25)34-41(38,39)21-12-8-11-20(15-21)27(36)31-22/h7-12,15-16,22,24H,6,13-14,17H2,1-5H3,(H,31,36)(H,32,33,34). The van der Waals surface area contributed by atoms with Crippen LogP contribution in [0.15, 0.2) is 53.4 Å². The highest BCUT2D eigenvalue weighted by Gasteiger charge is 2.39. The Bertz CT molecular complexity index is 1600. The molecule has 2 unspecified atom stereocenters. The number of likely N-dealkylation sites (tertiary alicyclic amines) is 1. The van der Waals surface area contributed by atoms with Gasteiger partial charge in [0, 0.05) is 29.2 Å². The molecule has 0 aliphatic carbocycles. The fourth-order valence-corrected chi connectivity index (χ4v) is 6.22. The molecule has 3 aromatic rings. The number of fused-ring (bicyclic) bond motifs is 5. The molecule has 1 saturated heterocycles. The van der Waals surface area contributed by atoms with Crippen LogP contribution in [0.25, 0.3) is 11.3 Å². The van der Waals surface area contributed by atoms with E-state index in [0.717, 1.165) is 16.7 Å². The summed E-state index contributed by atoms with van der Waals surface area (Å²) in [5, 5.41) is 3.02. The zero-order chi connectivity index (χ0) is 29.5. The van der Waals surface area contributed by atoms with Crippen LogP contribution in [0.1, 0.15) is 55.1 Å². The maximum atomic E-state index is 13.4. The molecule has 10 nitrogen and oxygen atoms in total. The smallest absolute Gasteiger partial charge is 0.264 e. The summed E-state index contributed by atoms with van der Waals surface area (Å²) >= 11 is 0. The van der Waals surface area contributed by atoms with E-state index in [1.165, 1.54) is 18.2 Å². The van der Waals surface area contributed by atoms with E-state index < -0.39 is 33.5 Å². The Hall–Kier alpha value is -3.99. The molecule has 2 aliphatic rings. The van der Waals surface area contributed by atoms with Crippen molar-refractivity contribution < 1.29 is 22.7 Å². The molecule has 3 heterocycles. The molecule has 1 fully saturated rings. The van der Waals surface area contributed by atoms with Crippen molar-refractivity contribution in [3.8, 4) is 17.1 Å². The van der Waals surface area contributed by atoms with Gasteiger partial charge in [-0.1, -0.05) is 45.0 Å². The first-order valence-electron chi connectivity index (χ1n) is 13.7. The number of ether oxygens (including phenoxy) is 1. The number of carbonyl (C=O) groups is 2. The predicted octanol–water partition coefficient (Wildman–Crippen LogP) is 4.09. The Morgan fingerprint density at radius 3 is 2.51 bits per heavy atom. The number of benzene rings is 2. The molecule has 41 heavy (non-hydrogen) atoms. The van der Waals surface area contributed by atoms with Crippen molar-refractivity contribution in [3.63, 3.8) is 0 Å². The molecule has 2 aromatic carbocycles. The number of hydrogen-bond acceptors (Lipinski definition) is 7. The van der Waals surface area contributed by atoms with Crippen LogP contribution < -0.4 is 14.8 Å². The molecule has 11 heteroatoms. The lowest BCUT2D eigenvalue weighted by Gasteiger charge is -2.41. The summed E-state index contributed by atoms with van der Waals surface area (Å²) in [6.07, 6.45) is 0.497. The fourth-order valence-electron chi connectivity index (χ4n) is 5.23. The third kappa shape index (κ3) is 5.76. The number of aryl methyl sites for hydroxylation is 2. The Morgan fingerprint density at radius 1 is 1.10 bits per heavy atom. The van der Waals surface area contributed by atoms with Gasteiger partial charge in [0.25, 0.3) is 15.9 Å². The van der Waals surface area contributed by atoms with Crippen molar-refractivity contribution in [2.24, 2.45) is 5.41 Å². The first-order chi connectivity index (χ1) is 19.4. The third-order valence-corrected chi connectivity index (χ3v) is 9.30. The second-order valence-electron chi connectivity index (χ2n) is 11.3. The van der Waals surface area contributed by atoms with Crippen LogP contribution in [0.4, 0.5) is 5.95 Å². The van der Waals surface area contributed by atoms with Gasteiger partial charge >= 0.3 is 0 Å². The molecule has 5 rings (SSSR count). The van der Waals surface area contributed by atoms with Crippen molar-refractivity contribution >= 4 is 27.8 Å². The van der Waals surface area contributed by atoms with Crippen molar-refractivity contribution in [2.75, 3.05) is 17.8 Å². The van der Waals surface area contributed by atoms with Gasteiger partial charge in [-0.25, -0.2) is 18.1 Å². The van der Waals surface area contributed by atoms with Crippen molar-refractivity contribution in [1.29, 1.82) is 0 Å². The normalized spacial score (nSPS) is 20.2. The van der Waals surface area contributed by atoms with E-state index in [9.17, 15) is 18.0 Å². The fraction of sp³-hybridized carbons (Fsp3) is 0.400. The quantitative estimate of drug-likeness (QED) is 0.480. The van der Waals surface area contributed by atoms with Crippen LogP contribution in [0.3, 0.4) is 0 Å². The molecule has 2 aliphatic heterocycles. The topological polar surface area (TPSA) is 131 Å². The summed E-state index contributed by atoms with van der Waals surface area (Å²) in [5.74, 6) is -0.440. The Balaban J connectivity index is 1.63. The second-order valence-corrected chi connectivity index (χ2v) is 13.0. The van der Waals surface area contributed by atoms with Gasteiger partial charge in [-0.2, -0.15) is 4.98 Å². The van der Waals surface area contributed by atoms with E-state index in [-0.39, 0.29) is 34.7 Å². The third-order valence-electron chi connectivity index (χ3n) is 7.97. The minimum absolute atomic E-state index is 0.0105. The van der Waals surface area contributed by atoms with Crippen molar-refractivity contribution in [3.05, 3.63) is 65.2 Å². The molecule has 4 bridgehead atoms. The lowest BCUT2D eigenvalue weighted by atomic mass is 9.87. The Labute approximate surface area is 240 Å². The summed E-state index contributed by atoms with van der Waals surface area (Å²) in [6.45, 7) is 10.4. The van der Waals surface area contributed by atoms with Crippen LogP contribution in [0.5, 0.6) is 5.88 Å². The number of nitrogens with one attached hydrogen (secondary N) is 2. The second kappa shape index (κ2) is 10.8. The van der Waals surface area contributed by atoms with E-state index in [1.54, 1.807) is 17.0 Å². The predicted molar refractivity (Wildman–Crippen MR) is 155 cm³/mol. The number of piperidine rings is 1. The molecule has 2 amide bonds. The summed E-state index contributed by atoms with van der Waals surface area (Å²) in [4.78, 5) is 37.3. The van der Waals surface area contributed by atoms with Gasteiger partial charge in [0.2, 0.25) is 17.7 Å². The minimum Gasteiger partial charge on any atom is -0.470 e. The van der Waals surface area contributed by atoms with Gasteiger partial charge in [-0.3, -0.25) is 9.59 Å². The Morgan fingerprint density at radius 2 is 1.80 bits per heavy atom. The first kappa shape index (κ1) is 28.5. The van der Waals surface area contributed by atoms with Gasteiger partial charge in [-0.15, -0.1) is 0 Å². The number of aromatic nitrogens is 2. The highest BCUT2D eigenvalue weighted by atomic mass is 32.2. The van der Waals surface area contributed by atoms with E-state index in [4.69, 9.17) is 4.74 Å². The average Bonchev–Trinajstić information content (AvgIpc) is 2.93. The zero-order valence-corrected chi connectivity index (χ0v) is 24.7. The highest BCUT2D eigenvalue weighted by Crippen LogP contribution is 2.31. The van der Waals surface area contributed by atoms with E-state index in [2.05, 4.69) is 20.0 Å². The molecule has 2 atom stereocenters. The van der Waals surface area contributed by atoms with E-state index in [1.807, 2.05) is 52.8 Å². The summed E-state index contributed by atoms with van der Waals surface area (Å²) in [7, 11) is -4.13. The van der Waals surface area contributed by atoms with Crippen LogP contribution >= 0.6 is 0 Å².